The normalized spacial score (nSPS) is 49.6. The van der Waals surface area contributed by atoms with Gasteiger partial charge >= 0.3 is 0 Å². The zero-order valence-corrected chi connectivity index (χ0v) is 39.1. The lowest BCUT2D eigenvalue weighted by molar-refractivity contribution is -0.174. The maximum absolute atomic E-state index is 14.0. The van der Waals surface area contributed by atoms with E-state index in [0.717, 1.165) is 109 Å². The average Bonchev–Trinajstić information content (AvgIpc) is 3.72. The molecule has 0 saturated heterocycles. The molecular formula is C50H85NO8S. The van der Waals surface area contributed by atoms with Crippen molar-refractivity contribution in [1.29, 1.82) is 0 Å². The van der Waals surface area contributed by atoms with Gasteiger partial charge in [-0.25, -0.2) is 0 Å². The van der Waals surface area contributed by atoms with E-state index in [1.54, 1.807) is 4.90 Å². The van der Waals surface area contributed by atoms with Gasteiger partial charge in [0.1, 0.15) is 0 Å². The summed E-state index contributed by atoms with van der Waals surface area (Å²) < 4.78 is 33.6. The third-order valence-electron chi connectivity index (χ3n) is 21.7. The van der Waals surface area contributed by atoms with Crippen LogP contribution in [0.3, 0.4) is 0 Å². The first-order valence-corrected chi connectivity index (χ1v) is 26.8. The van der Waals surface area contributed by atoms with E-state index < -0.39 is 15.9 Å². The van der Waals surface area contributed by atoms with Crippen LogP contribution in [0.2, 0.25) is 0 Å². The van der Waals surface area contributed by atoms with E-state index >= 15 is 0 Å². The predicted octanol–water partition coefficient (Wildman–Crippen LogP) is 8.52. The van der Waals surface area contributed by atoms with Gasteiger partial charge in [-0.1, -0.05) is 41.5 Å². The minimum atomic E-state index is -4.21. The molecule has 20 atom stereocenters. The summed E-state index contributed by atoms with van der Waals surface area (Å²) in [5.74, 6) is 4.86. The van der Waals surface area contributed by atoms with E-state index in [1.165, 1.54) is 12.8 Å². The van der Waals surface area contributed by atoms with Crippen LogP contribution in [-0.4, -0.2) is 87.5 Å². The Morgan fingerprint density at radius 1 is 0.600 bits per heavy atom. The first-order valence-electron chi connectivity index (χ1n) is 25.1. The van der Waals surface area contributed by atoms with Crippen molar-refractivity contribution in [2.45, 2.75) is 194 Å². The summed E-state index contributed by atoms with van der Waals surface area (Å²) in [6.07, 6.45) is 18.3. The molecule has 0 aromatic heterocycles. The van der Waals surface area contributed by atoms with Crippen LogP contribution < -0.4 is 0 Å². The number of amides is 1. The second-order valence-corrected chi connectivity index (χ2v) is 25.8. The lowest BCUT2D eigenvalue weighted by atomic mass is 9.43. The molecule has 9 nitrogen and oxygen atoms in total. The highest BCUT2D eigenvalue weighted by molar-refractivity contribution is 7.85. The zero-order valence-electron chi connectivity index (χ0n) is 38.3. The standard InChI is InChI=1S/C50H85NO8S/c1-30(36-10-12-38-45-40(17-21-49(36,38)5)47(3)19-15-34(52)26-32(47)28-42(45)54)8-7-23-51(24-25-60(57,58)59)44(56)14-9-31(2)37-11-13-39-46-41(18-22-50(37,39)6)48(4)20-16-35(53)27-33(48)29-43(46)55/h30-43,45-46,52-55H,7-29H2,1-6H3,(H,57,58,59)/t30-,31-,32?,33?,34+,35+,36-,37-,38-,39-,40-,41-,42+,43+,45?,46?,47+,48+,49-,50-/m1/s1. The number of aliphatic hydroxyl groups excluding tert-OH is 4. The molecule has 344 valence electrons. The molecule has 1 amide bonds. The Morgan fingerprint density at radius 3 is 1.50 bits per heavy atom. The number of hydrogen-bond acceptors (Lipinski definition) is 7. The molecule has 8 aliphatic carbocycles. The lowest BCUT2D eigenvalue weighted by Crippen LogP contribution is -2.58. The smallest absolute Gasteiger partial charge is 0.266 e. The molecule has 8 aliphatic rings. The summed E-state index contributed by atoms with van der Waals surface area (Å²) in [5.41, 5.74) is 0.722. The van der Waals surface area contributed by atoms with Crippen LogP contribution >= 0.6 is 0 Å². The van der Waals surface area contributed by atoms with Crippen LogP contribution in [0.25, 0.3) is 0 Å². The van der Waals surface area contributed by atoms with Gasteiger partial charge in [0.05, 0.1) is 30.2 Å². The zero-order chi connectivity index (χ0) is 43.2. The number of aliphatic hydroxyl groups is 4. The molecule has 0 aliphatic heterocycles. The second-order valence-electron chi connectivity index (χ2n) is 24.2. The molecule has 4 unspecified atom stereocenters. The average molecular weight is 860 g/mol. The SMILES string of the molecule is C[C@H](CCCN(CCS(=O)(=O)O)C(=O)CC[C@@H](C)[C@H]1CC[C@@H]2C3[C@@H](CC[C@@]21C)[C@@]1(C)CC[C@H](O)CC1C[C@@H]3O)[C@H]1CC[C@@H]2C3[C@@H](CC[C@@]21C)[C@@]1(C)CC[C@H](O)CC1C[C@@H]3O. The van der Waals surface area contributed by atoms with Gasteiger partial charge < -0.3 is 25.3 Å². The quantitative estimate of drug-likeness (QED) is 0.122. The van der Waals surface area contributed by atoms with Crippen molar-refractivity contribution >= 4 is 16.0 Å². The van der Waals surface area contributed by atoms with Gasteiger partial charge in [0, 0.05) is 19.5 Å². The minimum Gasteiger partial charge on any atom is -0.393 e. The molecule has 0 aromatic carbocycles. The molecule has 60 heavy (non-hydrogen) atoms. The first kappa shape index (κ1) is 45.8. The van der Waals surface area contributed by atoms with Crippen molar-refractivity contribution in [3.05, 3.63) is 0 Å². The van der Waals surface area contributed by atoms with E-state index in [0.29, 0.717) is 84.0 Å². The number of fused-ring (bicyclic) bond motifs is 10. The predicted molar refractivity (Wildman–Crippen MR) is 235 cm³/mol. The number of nitrogens with zero attached hydrogens (tertiary/aromatic N) is 1. The molecule has 8 rings (SSSR count). The molecule has 10 heteroatoms. The van der Waals surface area contributed by atoms with Crippen LogP contribution in [-0.2, 0) is 14.9 Å². The molecule has 0 aromatic rings. The highest BCUT2D eigenvalue weighted by Crippen LogP contribution is 2.70. The van der Waals surface area contributed by atoms with E-state index in [2.05, 4.69) is 41.5 Å². The maximum Gasteiger partial charge on any atom is 0.266 e. The molecule has 8 fully saturated rings. The molecule has 0 radical (unpaired) electrons. The topological polar surface area (TPSA) is 156 Å². The third kappa shape index (κ3) is 8.01. The molecule has 0 bridgehead atoms. The Labute approximate surface area is 363 Å². The molecule has 8 saturated carbocycles. The molecule has 0 spiro atoms. The summed E-state index contributed by atoms with van der Waals surface area (Å²) in [4.78, 5) is 15.7. The largest absolute Gasteiger partial charge is 0.393 e. The van der Waals surface area contributed by atoms with Crippen LogP contribution in [0, 0.1) is 92.7 Å². The summed E-state index contributed by atoms with van der Waals surface area (Å²) in [7, 11) is -4.21. The Morgan fingerprint density at radius 2 is 1.03 bits per heavy atom. The van der Waals surface area contributed by atoms with Crippen LogP contribution in [0.1, 0.15) is 170 Å². The second kappa shape index (κ2) is 16.9. The highest BCUT2D eigenvalue weighted by atomic mass is 32.2. The Balaban J connectivity index is 0.863. The van der Waals surface area contributed by atoms with Gasteiger partial charge in [0.25, 0.3) is 10.1 Å². The summed E-state index contributed by atoms with van der Waals surface area (Å²) >= 11 is 0. The summed E-state index contributed by atoms with van der Waals surface area (Å²) in [5, 5.41) is 44.4. The van der Waals surface area contributed by atoms with Gasteiger partial charge in [-0.15, -0.1) is 0 Å². The Bertz CT molecular complexity index is 1660. The molecular weight excluding hydrogens is 775 g/mol. The van der Waals surface area contributed by atoms with Crippen molar-refractivity contribution < 1.29 is 38.2 Å². The van der Waals surface area contributed by atoms with Gasteiger partial charge in [0.15, 0.2) is 0 Å². The van der Waals surface area contributed by atoms with Gasteiger partial charge in [-0.2, -0.15) is 8.42 Å². The highest BCUT2D eigenvalue weighted by Gasteiger charge is 2.64. The number of carbonyl (C=O) groups is 1. The third-order valence-corrected chi connectivity index (χ3v) is 22.4. The van der Waals surface area contributed by atoms with Gasteiger partial charge in [-0.05, 0) is 215 Å². The summed E-state index contributed by atoms with van der Waals surface area (Å²) in [6.45, 7) is 15.1. The van der Waals surface area contributed by atoms with E-state index in [4.69, 9.17) is 0 Å². The van der Waals surface area contributed by atoms with Crippen molar-refractivity contribution in [3.63, 3.8) is 0 Å². The fourth-order valence-electron chi connectivity index (χ4n) is 18.5. The number of rotatable bonds is 12. The van der Waals surface area contributed by atoms with Crippen molar-refractivity contribution in [2.75, 3.05) is 18.8 Å². The van der Waals surface area contributed by atoms with E-state index in [-0.39, 0.29) is 58.5 Å². The minimum absolute atomic E-state index is 0.0118. The fraction of sp³-hybridized carbons (Fsp3) is 0.980. The van der Waals surface area contributed by atoms with Crippen molar-refractivity contribution in [2.24, 2.45) is 92.7 Å². The monoisotopic (exact) mass is 860 g/mol. The van der Waals surface area contributed by atoms with E-state index in [1.807, 2.05) is 0 Å². The fourth-order valence-corrected chi connectivity index (χ4v) is 18.9. The number of carbonyl (C=O) groups excluding carboxylic acids is 1. The van der Waals surface area contributed by atoms with E-state index in [9.17, 15) is 38.2 Å². The van der Waals surface area contributed by atoms with Crippen LogP contribution in [0.5, 0.6) is 0 Å². The van der Waals surface area contributed by atoms with Gasteiger partial charge in [0.2, 0.25) is 5.91 Å². The number of hydrogen-bond donors (Lipinski definition) is 5. The Hall–Kier alpha value is -0.780. The van der Waals surface area contributed by atoms with Crippen LogP contribution in [0.15, 0.2) is 0 Å². The van der Waals surface area contributed by atoms with Crippen LogP contribution in [0.4, 0.5) is 0 Å². The van der Waals surface area contributed by atoms with Crippen molar-refractivity contribution in [1.82, 2.24) is 4.90 Å². The molecule has 0 heterocycles. The lowest BCUT2D eigenvalue weighted by Gasteiger charge is -2.62. The Kier molecular flexibility index (Phi) is 12.9. The first-order chi connectivity index (χ1) is 28.2. The van der Waals surface area contributed by atoms with Crippen molar-refractivity contribution in [3.8, 4) is 0 Å². The summed E-state index contributed by atoms with van der Waals surface area (Å²) in [6, 6.07) is 0. The maximum atomic E-state index is 14.0. The molecule has 5 N–H and O–H groups in total. The van der Waals surface area contributed by atoms with Gasteiger partial charge in [-0.3, -0.25) is 9.35 Å².